The third kappa shape index (κ3) is 5.20. The summed E-state index contributed by atoms with van der Waals surface area (Å²) in [5.41, 5.74) is 1.60. The van der Waals surface area contributed by atoms with Crippen molar-refractivity contribution >= 4 is 17.7 Å². The monoisotopic (exact) mass is 431 g/mol. The molecule has 0 saturated heterocycles. The zero-order valence-electron chi connectivity index (χ0n) is 16.6. The highest BCUT2D eigenvalue weighted by Gasteiger charge is 2.17. The first-order chi connectivity index (χ1) is 14.5. The molecule has 3 rings (SSSR count). The number of amides is 1. The van der Waals surface area contributed by atoms with E-state index in [0.29, 0.717) is 41.0 Å². The van der Waals surface area contributed by atoms with E-state index in [1.54, 1.807) is 44.6 Å². The van der Waals surface area contributed by atoms with Crippen molar-refractivity contribution < 1.29 is 18.7 Å². The van der Waals surface area contributed by atoms with Gasteiger partial charge in [-0.05, 0) is 36.2 Å². The van der Waals surface area contributed by atoms with Gasteiger partial charge >= 0.3 is 0 Å². The Hall–Kier alpha value is -3.27. The number of hydrogen-bond acceptors (Lipinski definition) is 7. The highest BCUT2D eigenvalue weighted by atomic mass is 32.2. The van der Waals surface area contributed by atoms with Gasteiger partial charge in [0.25, 0.3) is 0 Å². The summed E-state index contributed by atoms with van der Waals surface area (Å²) in [5, 5.41) is 11.4. The summed E-state index contributed by atoms with van der Waals surface area (Å²) in [6.07, 6.45) is 0.616. The van der Waals surface area contributed by atoms with Crippen LogP contribution in [-0.4, -0.2) is 47.3 Å². The maximum absolute atomic E-state index is 12.9. The minimum absolute atomic E-state index is 0.137. The van der Waals surface area contributed by atoms with Gasteiger partial charge in [-0.15, -0.1) is 10.2 Å². The fraction of sp³-hybridized carbons (Fsp3) is 0.250. The molecule has 2 aromatic carbocycles. The molecular weight excluding hydrogens is 409 g/mol. The Bertz CT molecular complexity index is 1010. The van der Waals surface area contributed by atoms with E-state index >= 15 is 0 Å². The number of nitrogens with two attached hydrogens (primary N) is 1. The fourth-order valence-corrected chi connectivity index (χ4v) is 3.41. The van der Waals surface area contributed by atoms with Gasteiger partial charge in [0.1, 0.15) is 17.3 Å². The van der Waals surface area contributed by atoms with Crippen LogP contribution in [0.25, 0.3) is 11.4 Å². The van der Waals surface area contributed by atoms with Gasteiger partial charge in [0, 0.05) is 12.6 Å². The Balaban J connectivity index is 1.56. The molecule has 30 heavy (non-hydrogen) atoms. The second kappa shape index (κ2) is 9.97. The molecule has 0 unspecified atom stereocenters. The molecule has 0 atom stereocenters. The normalized spacial score (nSPS) is 10.6. The number of rotatable bonds is 9. The lowest BCUT2D eigenvalue weighted by Gasteiger charge is -2.10. The lowest BCUT2D eigenvalue weighted by Crippen LogP contribution is -2.27. The predicted molar refractivity (Wildman–Crippen MR) is 113 cm³/mol. The number of hydrogen-bond donors (Lipinski definition) is 2. The van der Waals surface area contributed by atoms with Crippen molar-refractivity contribution in [1.29, 1.82) is 0 Å². The predicted octanol–water partition coefficient (Wildman–Crippen LogP) is 2.27. The molecule has 0 saturated carbocycles. The smallest absolute Gasteiger partial charge is 0.230 e. The van der Waals surface area contributed by atoms with E-state index in [-0.39, 0.29) is 17.5 Å². The van der Waals surface area contributed by atoms with E-state index in [1.165, 1.54) is 28.6 Å². The summed E-state index contributed by atoms with van der Waals surface area (Å²) in [6.45, 7) is 0.453. The Labute approximate surface area is 177 Å². The standard InChI is InChI=1S/C20H22FN5O3S/c1-28-15-7-8-16(17(11-15)29-2)19-24-25-20(26(19)22)30-12-18(27)23-10-9-13-3-5-14(21)6-4-13/h3-8,11H,9-10,12,22H2,1-2H3,(H,23,27). The summed E-state index contributed by atoms with van der Waals surface area (Å²) in [6, 6.07) is 11.5. The van der Waals surface area contributed by atoms with Gasteiger partial charge in [-0.1, -0.05) is 23.9 Å². The zero-order chi connectivity index (χ0) is 21.5. The van der Waals surface area contributed by atoms with Crippen LogP contribution in [-0.2, 0) is 11.2 Å². The summed E-state index contributed by atoms with van der Waals surface area (Å²) in [7, 11) is 3.11. The molecule has 1 amide bonds. The third-order valence-corrected chi connectivity index (χ3v) is 5.24. The average Bonchev–Trinajstić information content (AvgIpc) is 3.13. The molecular formula is C20H22FN5O3S. The van der Waals surface area contributed by atoms with Crippen LogP contribution in [0.4, 0.5) is 4.39 Å². The second-order valence-electron chi connectivity index (χ2n) is 6.26. The second-order valence-corrected chi connectivity index (χ2v) is 7.20. The van der Waals surface area contributed by atoms with Gasteiger partial charge < -0.3 is 20.6 Å². The SMILES string of the molecule is COc1ccc(-c2nnc(SCC(=O)NCCc3ccc(F)cc3)n2N)c(OC)c1. The van der Waals surface area contributed by atoms with Crippen molar-refractivity contribution in [3.8, 4) is 22.9 Å². The molecule has 10 heteroatoms. The molecule has 0 aliphatic heterocycles. The maximum atomic E-state index is 12.9. The summed E-state index contributed by atoms with van der Waals surface area (Å²) in [4.78, 5) is 12.1. The van der Waals surface area contributed by atoms with Crippen LogP contribution in [0.15, 0.2) is 47.6 Å². The van der Waals surface area contributed by atoms with Crippen molar-refractivity contribution in [2.45, 2.75) is 11.6 Å². The van der Waals surface area contributed by atoms with Gasteiger partial charge in [-0.2, -0.15) is 0 Å². The molecule has 0 radical (unpaired) electrons. The number of nitrogens with zero attached hydrogens (tertiary/aromatic N) is 3. The third-order valence-electron chi connectivity index (χ3n) is 4.30. The van der Waals surface area contributed by atoms with Crippen LogP contribution in [0, 0.1) is 5.82 Å². The minimum Gasteiger partial charge on any atom is -0.497 e. The first kappa shape index (κ1) is 21.4. The Morgan fingerprint density at radius 3 is 2.63 bits per heavy atom. The molecule has 158 valence electrons. The van der Waals surface area contributed by atoms with Crippen LogP contribution in [0.5, 0.6) is 11.5 Å². The van der Waals surface area contributed by atoms with E-state index in [1.807, 2.05) is 0 Å². The van der Waals surface area contributed by atoms with Gasteiger partial charge in [-0.25, -0.2) is 9.07 Å². The van der Waals surface area contributed by atoms with Crippen molar-refractivity contribution in [2.24, 2.45) is 0 Å². The number of aromatic nitrogens is 3. The van der Waals surface area contributed by atoms with E-state index in [9.17, 15) is 9.18 Å². The lowest BCUT2D eigenvalue weighted by atomic mass is 10.1. The summed E-state index contributed by atoms with van der Waals surface area (Å²) in [5.74, 6) is 7.42. The molecule has 1 heterocycles. The first-order valence-electron chi connectivity index (χ1n) is 9.08. The van der Waals surface area contributed by atoms with Crippen molar-refractivity contribution in [1.82, 2.24) is 20.2 Å². The van der Waals surface area contributed by atoms with E-state index < -0.39 is 0 Å². The molecule has 3 N–H and O–H groups in total. The molecule has 0 fully saturated rings. The summed E-state index contributed by atoms with van der Waals surface area (Å²) < 4.78 is 24.8. The molecule has 0 spiro atoms. The minimum atomic E-state index is -0.281. The zero-order valence-corrected chi connectivity index (χ0v) is 17.4. The molecule has 0 bridgehead atoms. The highest BCUT2D eigenvalue weighted by Crippen LogP contribution is 2.32. The number of halogens is 1. The maximum Gasteiger partial charge on any atom is 0.230 e. The van der Waals surface area contributed by atoms with Gasteiger partial charge in [-0.3, -0.25) is 4.79 Å². The number of carbonyl (C=O) groups excluding carboxylic acids is 1. The molecule has 1 aromatic heterocycles. The number of nitrogens with one attached hydrogen (secondary N) is 1. The Morgan fingerprint density at radius 1 is 1.17 bits per heavy atom. The van der Waals surface area contributed by atoms with Crippen molar-refractivity contribution in [3.63, 3.8) is 0 Å². The molecule has 8 nitrogen and oxygen atoms in total. The van der Waals surface area contributed by atoms with Gasteiger partial charge in [0.15, 0.2) is 5.82 Å². The molecule has 3 aromatic rings. The van der Waals surface area contributed by atoms with Crippen LogP contribution in [0.1, 0.15) is 5.56 Å². The topological polar surface area (TPSA) is 104 Å². The van der Waals surface area contributed by atoms with Crippen LogP contribution in [0.3, 0.4) is 0 Å². The van der Waals surface area contributed by atoms with Crippen molar-refractivity contribution in [2.75, 3.05) is 32.4 Å². The first-order valence-corrected chi connectivity index (χ1v) is 10.1. The number of thioether (sulfide) groups is 1. The number of methoxy groups -OCH3 is 2. The molecule has 0 aliphatic rings. The fourth-order valence-electron chi connectivity index (χ4n) is 2.72. The number of carbonyl (C=O) groups is 1. The van der Waals surface area contributed by atoms with Crippen LogP contribution >= 0.6 is 11.8 Å². The van der Waals surface area contributed by atoms with Crippen LogP contribution < -0.4 is 20.6 Å². The number of benzene rings is 2. The van der Waals surface area contributed by atoms with Crippen molar-refractivity contribution in [3.05, 3.63) is 53.8 Å². The largest absolute Gasteiger partial charge is 0.497 e. The lowest BCUT2D eigenvalue weighted by molar-refractivity contribution is -0.118. The van der Waals surface area contributed by atoms with E-state index in [4.69, 9.17) is 15.3 Å². The quantitative estimate of drug-likeness (QED) is 0.396. The number of ether oxygens (including phenoxy) is 2. The van der Waals surface area contributed by atoms with Gasteiger partial charge in [0.2, 0.25) is 11.1 Å². The van der Waals surface area contributed by atoms with Gasteiger partial charge in [0.05, 0.1) is 25.5 Å². The Kier molecular flexibility index (Phi) is 7.12. The summed E-state index contributed by atoms with van der Waals surface area (Å²) >= 11 is 1.18. The Morgan fingerprint density at radius 2 is 1.93 bits per heavy atom. The molecule has 0 aliphatic carbocycles. The average molecular weight is 431 g/mol. The van der Waals surface area contributed by atoms with E-state index in [0.717, 1.165) is 5.56 Å². The van der Waals surface area contributed by atoms with Crippen LogP contribution in [0.2, 0.25) is 0 Å². The van der Waals surface area contributed by atoms with E-state index in [2.05, 4.69) is 15.5 Å². The highest BCUT2D eigenvalue weighted by molar-refractivity contribution is 7.99. The number of nitrogen functional groups attached to an aromatic ring is 1.